The molecule has 4 rings (SSSR count). The van der Waals surface area contributed by atoms with Crippen molar-refractivity contribution in [3.05, 3.63) is 45.6 Å². The van der Waals surface area contributed by atoms with Crippen LogP contribution in [-0.4, -0.2) is 20.1 Å². The molecule has 2 aromatic heterocycles. The van der Waals surface area contributed by atoms with E-state index in [9.17, 15) is 10.0 Å². The van der Waals surface area contributed by atoms with Gasteiger partial charge in [0, 0.05) is 22.0 Å². The van der Waals surface area contributed by atoms with Crippen LogP contribution in [0, 0.1) is 25.7 Å². The van der Waals surface area contributed by atoms with Crippen LogP contribution in [0.5, 0.6) is 5.75 Å². The van der Waals surface area contributed by atoms with Crippen molar-refractivity contribution < 1.29 is 5.11 Å². The number of phenols is 1. The number of phenolic OH excluding ortho intramolecular Hbond substituents is 1. The van der Waals surface area contributed by atoms with E-state index in [0.717, 1.165) is 44.3 Å². The van der Waals surface area contributed by atoms with Gasteiger partial charge in [0.1, 0.15) is 17.8 Å². The Bertz CT molecular complexity index is 1140. The van der Waals surface area contributed by atoms with Crippen LogP contribution < -0.4 is 0 Å². The Morgan fingerprint density at radius 3 is 2.62 bits per heavy atom. The first-order valence-electron chi connectivity index (χ1n) is 7.71. The van der Waals surface area contributed by atoms with Gasteiger partial charge in [-0.1, -0.05) is 11.2 Å². The molecule has 0 spiro atoms. The average molecular weight is 320 g/mol. The van der Waals surface area contributed by atoms with Gasteiger partial charge in [-0.15, -0.1) is 0 Å². The Hall–Kier alpha value is -3.02. The van der Waals surface area contributed by atoms with E-state index in [1.54, 1.807) is 6.07 Å². The number of rotatable bonds is 2. The molecule has 0 saturated heterocycles. The third kappa shape index (κ3) is 1.89. The van der Waals surface area contributed by atoms with Crippen LogP contribution in [0.4, 0.5) is 0 Å². The summed E-state index contributed by atoms with van der Waals surface area (Å²) in [5.41, 5.74) is 6.43. The average Bonchev–Trinajstić information content (AvgIpc) is 2.95. The van der Waals surface area contributed by atoms with Gasteiger partial charge in [-0.3, -0.25) is 0 Å². The predicted molar refractivity (Wildman–Crippen MR) is 94.3 cm³/mol. The van der Waals surface area contributed by atoms with Crippen LogP contribution >= 0.6 is 0 Å². The Morgan fingerprint density at radius 1 is 1.08 bits per heavy atom. The molecule has 0 radical (unpaired) electrons. The fourth-order valence-electron chi connectivity index (χ4n) is 3.25. The first-order valence-corrected chi connectivity index (χ1v) is 7.71. The summed E-state index contributed by atoms with van der Waals surface area (Å²) >= 11 is 0. The molecule has 0 aliphatic carbocycles. The Labute approximate surface area is 137 Å². The first kappa shape index (κ1) is 14.6. The second-order valence-corrected chi connectivity index (χ2v) is 6.13. The molecule has 0 atom stereocenters. The molecule has 6 heteroatoms. The molecule has 0 amide bonds. The van der Waals surface area contributed by atoms with Gasteiger partial charge in [-0.25, -0.2) is 9.97 Å². The highest BCUT2D eigenvalue weighted by molar-refractivity contribution is 6.21. The topological polar surface area (TPSA) is 91.2 Å². The molecular formula is C18H16N4O2. The number of aryl methyl sites for hydroxylation is 3. The van der Waals surface area contributed by atoms with Crippen molar-refractivity contribution in [1.29, 1.82) is 0 Å². The molecule has 120 valence electrons. The summed E-state index contributed by atoms with van der Waals surface area (Å²) in [5, 5.41) is 15.0. The number of nitroso groups, excluding NO2 is 1. The number of H-pyrrole nitrogens is 1. The maximum Gasteiger partial charge on any atom is 0.141 e. The van der Waals surface area contributed by atoms with Crippen LogP contribution in [0.2, 0.25) is 0 Å². The number of nitrogens with one attached hydrogen (secondary N) is 1. The summed E-state index contributed by atoms with van der Waals surface area (Å²) in [6.07, 6.45) is 0. The lowest BCUT2D eigenvalue weighted by molar-refractivity contribution is 0.480. The lowest BCUT2D eigenvalue weighted by atomic mass is 10.0. The number of fused-ring (bicyclic) bond motifs is 5. The second kappa shape index (κ2) is 4.99. The van der Waals surface area contributed by atoms with Crippen molar-refractivity contribution >= 4 is 32.8 Å². The molecule has 0 aliphatic rings. The molecule has 2 aromatic carbocycles. The van der Waals surface area contributed by atoms with Gasteiger partial charge < -0.3 is 10.1 Å². The number of nitrogens with zero attached hydrogens (tertiary/aromatic N) is 3. The number of aromatic amines is 1. The number of aromatic hydroxyl groups is 1. The second-order valence-electron chi connectivity index (χ2n) is 6.13. The van der Waals surface area contributed by atoms with E-state index in [2.05, 4.69) is 15.1 Å². The van der Waals surface area contributed by atoms with E-state index >= 15 is 0 Å². The summed E-state index contributed by atoms with van der Waals surface area (Å²) in [5.74, 6) is 0.123. The highest BCUT2D eigenvalue weighted by Crippen LogP contribution is 2.38. The Balaban J connectivity index is 2.34. The van der Waals surface area contributed by atoms with Gasteiger partial charge in [0.25, 0.3) is 0 Å². The van der Waals surface area contributed by atoms with Crippen LogP contribution in [0.3, 0.4) is 0 Å². The quantitative estimate of drug-likeness (QED) is 0.542. The van der Waals surface area contributed by atoms with Crippen LogP contribution in [0.1, 0.15) is 22.5 Å². The van der Waals surface area contributed by atoms with Gasteiger partial charge in [0.15, 0.2) is 0 Å². The molecule has 6 nitrogen and oxygen atoms in total. The standard InChI is InChI=1S/C18H16N4O2/c1-8-4-5-13(23)18-14(8)15-16(22-18)11(7-19-24)6-12-17(15)21-10(3)9(2)20-12/h4-6,20,23H,7H2,1-3H3. The Morgan fingerprint density at radius 2 is 1.88 bits per heavy atom. The number of benzene rings is 2. The fraction of sp³-hybridized carbons (Fsp3) is 0.222. The van der Waals surface area contributed by atoms with E-state index in [1.807, 2.05) is 32.9 Å². The van der Waals surface area contributed by atoms with Crippen molar-refractivity contribution in [1.82, 2.24) is 15.0 Å². The highest BCUT2D eigenvalue weighted by Gasteiger charge is 2.19. The van der Waals surface area contributed by atoms with E-state index in [1.165, 1.54) is 0 Å². The molecule has 24 heavy (non-hydrogen) atoms. The fourth-order valence-corrected chi connectivity index (χ4v) is 3.25. The summed E-state index contributed by atoms with van der Waals surface area (Å²) in [6.45, 7) is 5.91. The lowest BCUT2D eigenvalue weighted by Gasteiger charge is -2.08. The molecule has 0 bridgehead atoms. The third-order valence-corrected chi connectivity index (χ3v) is 4.57. The van der Waals surface area contributed by atoms with Gasteiger partial charge in [-0.05, 0) is 38.5 Å². The molecule has 2 heterocycles. The van der Waals surface area contributed by atoms with Crippen molar-refractivity contribution in [3.63, 3.8) is 0 Å². The monoisotopic (exact) mass is 320 g/mol. The zero-order valence-corrected chi connectivity index (χ0v) is 13.6. The van der Waals surface area contributed by atoms with E-state index in [4.69, 9.17) is 4.98 Å². The molecule has 2 N–H and O–H groups in total. The minimum atomic E-state index is 0.0241. The lowest BCUT2D eigenvalue weighted by Crippen LogP contribution is -1.96. The van der Waals surface area contributed by atoms with E-state index in [0.29, 0.717) is 11.0 Å². The van der Waals surface area contributed by atoms with Crippen LogP contribution in [-0.2, 0) is 6.54 Å². The smallest absolute Gasteiger partial charge is 0.141 e. The summed E-state index contributed by atoms with van der Waals surface area (Å²) in [4.78, 5) is 23.5. The summed E-state index contributed by atoms with van der Waals surface area (Å²) in [7, 11) is 0. The van der Waals surface area contributed by atoms with Gasteiger partial charge >= 0.3 is 0 Å². The molecule has 0 saturated carbocycles. The number of aromatic nitrogens is 3. The maximum atomic E-state index is 10.9. The van der Waals surface area contributed by atoms with Crippen molar-refractivity contribution in [3.8, 4) is 5.75 Å². The van der Waals surface area contributed by atoms with Crippen molar-refractivity contribution in [2.75, 3.05) is 0 Å². The molecule has 0 fully saturated rings. The van der Waals surface area contributed by atoms with Crippen molar-refractivity contribution in [2.45, 2.75) is 27.3 Å². The largest absolute Gasteiger partial charge is 0.506 e. The zero-order chi connectivity index (χ0) is 17.0. The molecule has 4 aromatic rings. The van der Waals surface area contributed by atoms with E-state index < -0.39 is 0 Å². The number of hydrogen-bond acceptors (Lipinski definition) is 5. The van der Waals surface area contributed by atoms with Gasteiger partial charge in [-0.2, -0.15) is 4.91 Å². The van der Waals surface area contributed by atoms with Crippen LogP contribution in [0.15, 0.2) is 23.4 Å². The summed E-state index contributed by atoms with van der Waals surface area (Å²) in [6, 6.07) is 5.37. The molecule has 0 unspecified atom stereocenters. The van der Waals surface area contributed by atoms with Crippen LogP contribution in [0.25, 0.3) is 32.8 Å². The van der Waals surface area contributed by atoms with E-state index in [-0.39, 0.29) is 12.3 Å². The SMILES string of the molecule is Cc1nc2c(cc(CN=O)c3nc4c(O)ccc(C)c4c32)[nH]c1C. The Kier molecular flexibility index (Phi) is 3.03. The number of hydrogen-bond donors (Lipinski definition) is 2. The zero-order valence-electron chi connectivity index (χ0n) is 13.6. The predicted octanol–water partition coefficient (Wildman–Crippen LogP) is 4.16. The maximum absolute atomic E-state index is 10.9. The summed E-state index contributed by atoms with van der Waals surface area (Å²) < 4.78 is 0. The van der Waals surface area contributed by atoms with Gasteiger partial charge in [0.2, 0.25) is 0 Å². The highest BCUT2D eigenvalue weighted by atomic mass is 16.3. The normalized spacial score (nSPS) is 11.6. The minimum Gasteiger partial charge on any atom is -0.506 e. The first-order chi connectivity index (χ1) is 11.5. The molecule has 0 aliphatic heterocycles. The minimum absolute atomic E-state index is 0.0241. The van der Waals surface area contributed by atoms with Crippen molar-refractivity contribution in [2.24, 2.45) is 5.18 Å². The third-order valence-electron chi connectivity index (χ3n) is 4.57. The van der Waals surface area contributed by atoms with Gasteiger partial charge in [0.05, 0.1) is 22.2 Å². The molecular weight excluding hydrogens is 304 g/mol.